The topological polar surface area (TPSA) is 38.1 Å². The summed E-state index contributed by atoms with van der Waals surface area (Å²) in [5.74, 6) is 0.868. The van der Waals surface area contributed by atoms with E-state index in [1.165, 1.54) is 30.2 Å². The van der Waals surface area contributed by atoms with E-state index in [-0.39, 0.29) is 0 Å². The van der Waals surface area contributed by atoms with Crippen LogP contribution in [-0.2, 0) is 6.54 Å². The molecule has 1 aliphatic rings. The van der Waals surface area contributed by atoms with Crippen LogP contribution in [0.4, 0.5) is 0 Å². The molecule has 3 rings (SSSR count). The molecule has 106 valence electrons. The predicted molar refractivity (Wildman–Crippen MR) is 81.4 cm³/mol. The van der Waals surface area contributed by atoms with Crippen LogP contribution in [0, 0.1) is 13.8 Å². The normalized spacial score (nSPS) is 14.8. The minimum atomic E-state index is 0.676. The molecule has 0 radical (unpaired) electrons. The first-order valence-electron chi connectivity index (χ1n) is 6.75. The van der Waals surface area contributed by atoms with Crippen molar-refractivity contribution in [1.29, 1.82) is 0 Å². The van der Waals surface area contributed by atoms with Crippen molar-refractivity contribution >= 4 is 23.4 Å². The van der Waals surface area contributed by atoms with E-state index in [4.69, 9.17) is 16.0 Å². The van der Waals surface area contributed by atoms with Crippen LogP contribution in [0.3, 0.4) is 0 Å². The minimum absolute atomic E-state index is 0.676. The second kappa shape index (κ2) is 5.80. The fourth-order valence-electron chi connectivity index (χ4n) is 1.89. The van der Waals surface area contributed by atoms with Crippen LogP contribution in [0.15, 0.2) is 32.7 Å². The van der Waals surface area contributed by atoms with Crippen molar-refractivity contribution in [1.82, 2.24) is 10.3 Å². The SMILES string of the molecule is Cc1nc(Sc2cc(Cl)ccc2CNC2CC2)oc1C. The fraction of sp³-hybridized carbons (Fsp3) is 0.400. The van der Waals surface area contributed by atoms with E-state index in [0.717, 1.165) is 27.9 Å². The van der Waals surface area contributed by atoms with Gasteiger partial charge in [-0.05, 0) is 56.1 Å². The van der Waals surface area contributed by atoms with Gasteiger partial charge in [0.25, 0.3) is 5.22 Å². The standard InChI is InChI=1S/C15H17ClN2OS/c1-9-10(2)19-15(18-9)20-14-7-12(16)4-3-11(14)8-17-13-5-6-13/h3-4,7,13,17H,5-6,8H2,1-2H3. The minimum Gasteiger partial charge on any atom is -0.436 e. The lowest BCUT2D eigenvalue weighted by molar-refractivity contribution is 0.431. The third-order valence-electron chi connectivity index (χ3n) is 3.39. The van der Waals surface area contributed by atoms with Gasteiger partial charge < -0.3 is 9.73 Å². The van der Waals surface area contributed by atoms with Gasteiger partial charge in [-0.15, -0.1) is 0 Å². The fourth-order valence-corrected chi connectivity index (χ4v) is 3.12. The van der Waals surface area contributed by atoms with Crippen LogP contribution < -0.4 is 5.32 Å². The Morgan fingerprint density at radius 3 is 2.85 bits per heavy atom. The molecule has 3 nitrogen and oxygen atoms in total. The molecular weight excluding hydrogens is 292 g/mol. The monoisotopic (exact) mass is 308 g/mol. The molecule has 1 aromatic heterocycles. The van der Waals surface area contributed by atoms with Crippen molar-refractivity contribution < 1.29 is 4.42 Å². The van der Waals surface area contributed by atoms with E-state index in [9.17, 15) is 0 Å². The molecule has 0 spiro atoms. The first-order chi connectivity index (χ1) is 9.61. The van der Waals surface area contributed by atoms with E-state index in [1.54, 1.807) is 0 Å². The lowest BCUT2D eigenvalue weighted by Crippen LogP contribution is -2.15. The van der Waals surface area contributed by atoms with E-state index in [0.29, 0.717) is 11.3 Å². The lowest BCUT2D eigenvalue weighted by atomic mass is 10.2. The summed E-state index contributed by atoms with van der Waals surface area (Å²) >= 11 is 7.64. The number of nitrogens with one attached hydrogen (secondary N) is 1. The third kappa shape index (κ3) is 3.37. The average Bonchev–Trinajstić information content (AvgIpc) is 3.16. The van der Waals surface area contributed by atoms with Gasteiger partial charge in [-0.25, -0.2) is 4.98 Å². The predicted octanol–water partition coefficient (Wildman–Crippen LogP) is 4.35. The number of hydrogen-bond acceptors (Lipinski definition) is 4. The molecule has 2 aromatic rings. The molecule has 1 N–H and O–H groups in total. The summed E-state index contributed by atoms with van der Waals surface area (Å²) in [5.41, 5.74) is 2.17. The van der Waals surface area contributed by atoms with Gasteiger partial charge in [0.2, 0.25) is 0 Å². The Balaban J connectivity index is 1.80. The maximum Gasteiger partial charge on any atom is 0.261 e. The molecule has 0 unspecified atom stereocenters. The van der Waals surface area contributed by atoms with Gasteiger partial charge in [-0.2, -0.15) is 0 Å². The Morgan fingerprint density at radius 1 is 1.40 bits per heavy atom. The Morgan fingerprint density at radius 2 is 2.20 bits per heavy atom. The highest BCUT2D eigenvalue weighted by molar-refractivity contribution is 7.99. The van der Waals surface area contributed by atoms with Crippen molar-refractivity contribution in [3.63, 3.8) is 0 Å². The van der Waals surface area contributed by atoms with Gasteiger partial charge in [-0.1, -0.05) is 17.7 Å². The van der Waals surface area contributed by atoms with Crippen LogP contribution in [0.5, 0.6) is 0 Å². The van der Waals surface area contributed by atoms with Gasteiger partial charge in [0.1, 0.15) is 5.76 Å². The van der Waals surface area contributed by atoms with Crippen LogP contribution in [0.1, 0.15) is 29.9 Å². The molecule has 1 aromatic carbocycles. The number of benzene rings is 1. The maximum atomic E-state index is 6.11. The van der Waals surface area contributed by atoms with Gasteiger partial charge >= 0.3 is 0 Å². The largest absolute Gasteiger partial charge is 0.436 e. The number of aromatic nitrogens is 1. The van der Waals surface area contributed by atoms with Crippen molar-refractivity contribution in [3.05, 3.63) is 40.2 Å². The summed E-state index contributed by atoms with van der Waals surface area (Å²) in [7, 11) is 0. The first kappa shape index (κ1) is 14.0. The summed E-state index contributed by atoms with van der Waals surface area (Å²) in [6.45, 7) is 4.75. The molecule has 0 saturated heterocycles. The Kier molecular flexibility index (Phi) is 4.06. The quantitative estimate of drug-likeness (QED) is 0.891. The molecule has 20 heavy (non-hydrogen) atoms. The molecule has 0 atom stereocenters. The molecule has 5 heteroatoms. The summed E-state index contributed by atoms with van der Waals surface area (Å²) < 4.78 is 5.64. The molecule has 0 aliphatic heterocycles. The highest BCUT2D eigenvalue weighted by Crippen LogP contribution is 2.33. The lowest BCUT2D eigenvalue weighted by Gasteiger charge is -2.09. The van der Waals surface area contributed by atoms with Crippen LogP contribution >= 0.6 is 23.4 Å². The average molecular weight is 309 g/mol. The molecule has 0 amide bonds. The highest BCUT2D eigenvalue weighted by atomic mass is 35.5. The Bertz CT molecular complexity index is 603. The summed E-state index contributed by atoms with van der Waals surface area (Å²) in [6.07, 6.45) is 2.57. The van der Waals surface area contributed by atoms with Crippen LogP contribution in [-0.4, -0.2) is 11.0 Å². The molecule has 1 heterocycles. The number of nitrogens with zero attached hydrogens (tertiary/aromatic N) is 1. The number of halogens is 1. The van der Waals surface area contributed by atoms with Gasteiger partial charge in [-0.3, -0.25) is 0 Å². The number of hydrogen-bond donors (Lipinski definition) is 1. The maximum absolute atomic E-state index is 6.11. The smallest absolute Gasteiger partial charge is 0.261 e. The van der Waals surface area contributed by atoms with Gasteiger partial charge in [0.15, 0.2) is 0 Å². The van der Waals surface area contributed by atoms with E-state index in [2.05, 4.69) is 16.4 Å². The second-order valence-electron chi connectivity index (χ2n) is 5.13. The number of oxazole rings is 1. The summed E-state index contributed by atoms with van der Waals surface area (Å²) in [4.78, 5) is 5.52. The zero-order chi connectivity index (χ0) is 14.1. The van der Waals surface area contributed by atoms with E-state index < -0.39 is 0 Å². The van der Waals surface area contributed by atoms with Crippen molar-refractivity contribution in [2.45, 2.75) is 49.4 Å². The molecule has 0 bridgehead atoms. The first-order valence-corrected chi connectivity index (χ1v) is 7.95. The summed E-state index contributed by atoms with van der Waals surface area (Å²) in [5, 5.41) is 4.94. The van der Waals surface area contributed by atoms with Crippen molar-refractivity contribution in [3.8, 4) is 0 Å². The molecule has 1 aliphatic carbocycles. The number of rotatable bonds is 5. The molecule has 1 saturated carbocycles. The van der Waals surface area contributed by atoms with E-state index in [1.807, 2.05) is 26.0 Å². The number of aryl methyl sites for hydroxylation is 2. The van der Waals surface area contributed by atoms with E-state index >= 15 is 0 Å². The van der Waals surface area contributed by atoms with Gasteiger partial charge in [0, 0.05) is 22.5 Å². The van der Waals surface area contributed by atoms with Crippen LogP contribution in [0.2, 0.25) is 5.02 Å². The molecular formula is C15H17ClN2OS. The zero-order valence-electron chi connectivity index (χ0n) is 11.6. The van der Waals surface area contributed by atoms with Gasteiger partial charge in [0.05, 0.1) is 5.69 Å². The van der Waals surface area contributed by atoms with Crippen molar-refractivity contribution in [2.24, 2.45) is 0 Å². The Hall–Kier alpha value is -0.970. The van der Waals surface area contributed by atoms with Crippen molar-refractivity contribution in [2.75, 3.05) is 0 Å². The summed E-state index contributed by atoms with van der Waals surface area (Å²) in [6, 6.07) is 6.67. The highest BCUT2D eigenvalue weighted by Gasteiger charge is 2.21. The van der Waals surface area contributed by atoms with Crippen LogP contribution in [0.25, 0.3) is 0 Å². The zero-order valence-corrected chi connectivity index (χ0v) is 13.1. The Labute approximate surface area is 128 Å². The third-order valence-corrected chi connectivity index (χ3v) is 4.58. The second-order valence-corrected chi connectivity index (χ2v) is 6.56. The molecule has 1 fully saturated rings.